The van der Waals surface area contributed by atoms with Gasteiger partial charge in [-0.3, -0.25) is 4.68 Å². The summed E-state index contributed by atoms with van der Waals surface area (Å²) in [6, 6.07) is 8.90. The van der Waals surface area contributed by atoms with Crippen molar-refractivity contribution in [2.24, 2.45) is 0 Å². The quantitative estimate of drug-likeness (QED) is 0.707. The Morgan fingerprint density at radius 3 is 2.76 bits per heavy atom. The molecule has 0 aliphatic carbocycles. The van der Waals surface area contributed by atoms with E-state index in [-0.39, 0.29) is 6.04 Å². The SMILES string of the molecule is CCCNC(c1cccc(C)c1I)c1ccnn1CCC. The molecule has 0 amide bonds. The molecule has 21 heavy (non-hydrogen) atoms. The number of aryl methyl sites for hydroxylation is 2. The van der Waals surface area contributed by atoms with Crippen LogP contribution < -0.4 is 5.32 Å². The van der Waals surface area contributed by atoms with Gasteiger partial charge in [0.25, 0.3) is 0 Å². The number of halogens is 1. The number of hydrogen-bond donors (Lipinski definition) is 1. The highest BCUT2D eigenvalue weighted by atomic mass is 127. The second-order valence-electron chi connectivity index (χ2n) is 5.34. The fraction of sp³-hybridized carbons (Fsp3) is 0.471. The Kier molecular flexibility index (Phi) is 6.23. The van der Waals surface area contributed by atoms with Gasteiger partial charge < -0.3 is 5.32 Å². The van der Waals surface area contributed by atoms with E-state index in [0.29, 0.717) is 0 Å². The number of rotatable bonds is 7. The van der Waals surface area contributed by atoms with Gasteiger partial charge in [0.1, 0.15) is 0 Å². The van der Waals surface area contributed by atoms with Crippen LogP contribution in [0.2, 0.25) is 0 Å². The Hall–Kier alpha value is -0.880. The fourth-order valence-electron chi connectivity index (χ4n) is 2.54. The van der Waals surface area contributed by atoms with Gasteiger partial charge in [-0.05, 0) is 66.1 Å². The standard InChI is InChI=1S/C17H24IN3/c1-4-10-19-17(14-8-6-7-13(3)16(14)18)15-9-11-20-21(15)12-5-2/h6-9,11,17,19H,4-5,10,12H2,1-3H3. The number of aromatic nitrogens is 2. The lowest BCUT2D eigenvalue weighted by Gasteiger charge is -2.22. The lowest BCUT2D eigenvalue weighted by Crippen LogP contribution is -2.26. The average molecular weight is 397 g/mol. The molecular formula is C17H24IN3. The summed E-state index contributed by atoms with van der Waals surface area (Å²) in [7, 11) is 0. The van der Waals surface area contributed by atoms with Crippen LogP contribution in [0.3, 0.4) is 0 Å². The second kappa shape index (κ2) is 7.94. The third-order valence-corrected chi connectivity index (χ3v) is 5.09. The minimum absolute atomic E-state index is 0.214. The molecule has 1 aromatic heterocycles. The summed E-state index contributed by atoms with van der Waals surface area (Å²) in [5.74, 6) is 0. The van der Waals surface area contributed by atoms with E-state index in [1.807, 2.05) is 6.20 Å². The molecule has 1 heterocycles. The molecule has 1 aromatic carbocycles. The van der Waals surface area contributed by atoms with E-state index in [9.17, 15) is 0 Å². The van der Waals surface area contributed by atoms with Crippen molar-refractivity contribution < 1.29 is 0 Å². The first kappa shape index (κ1) is 16.5. The molecule has 0 saturated carbocycles. The summed E-state index contributed by atoms with van der Waals surface area (Å²) >= 11 is 2.46. The molecule has 2 aromatic rings. The Morgan fingerprint density at radius 2 is 2.05 bits per heavy atom. The zero-order valence-electron chi connectivity index (χ0n) is 13.1. The molecule has 4 heteroatoms. The van der Waals surface area contributed by atoms with Crippen LogP contribution in [0.4, 0.5) is 0 Å². The molecule has 0 bridgehead atoms. The molecular weight excluding hydrogens is 373 g/mol. The number of nitrogens with one attached hydrogen (secondary N) is 1. The van der Waals surface area contributed by atoms with E-state index < -0.39 is 0 Å². The monoisotopic (exact) mass is 397 g/mol. The van der Waals surface area contributed by atoms with Crippen LogP contribution in [-0.2, 0) is 6.54 Å². The van der Waals surface area contributed by atoms with Gasteiger partial charge in [0.05, 0.1) is 11.7 Å². The van der Waals surface area contributed by atoms with E-state index in [1.165, 1.54) is 20.4 Å². The van der Waals surface area contributed by atoms with Gasteiger partial charge in [0.2, 0.25) is 0 Å². The molecule has 0 saturated heterocycles. The highest BCUT2D eigenvalue weighted by Crippen LogP contribution is 2.28. The van der Waals surface area contributed by atoms with Gasteiger partial charge >= 0.3 is 0 Å². The van der Waals surface area contributed by atoms with E-state index in [4.69, 9.17) is 0 Å². The number of benzene rings is 1. The second-order valence-corrected chi connectivity index (χ2v) is 6.42. The van der Waals surface area contributed by atoms with Crippen molar-refractivity contribution in [3.63, 3.8) is 0 Å². The van der Waals surface area contributed by atoms with Crippen LogP contribution in [0.15, 0.2) is 30.5 Å². The van der Waals surface area contributed by atoms with Crippen molar-refractivity contribution in [3.05, 3.63) is 50.9 Å². The van der Waals surface area contributed by atoms with Gasteiger partial charge in [-0.2, -0.15) is 5.10 Å². The van der Waals surface area contributed by atoms with Crippen LogP contribution in [-0.4, -0.2) is 16.3 Å². The van der Waals surface area contributed by atoms with E-state index in [0.717, 1.165) is 25.9 Å². The summed E-state index contributed by atoms with van der Waals surface area (Å²) in [6.07, 6.45) is 4.13. The lowest BCUT2D eigenvalue weighted by atomic mass is 10.0. The largest absolute Gasteiger partial charge is 0.305 e. The van der Waals surface area contributed by atoms with Gasteiger partial charge in [0.15, 0.2) is 0 Å². The Morgan fingerprint density at radius 1 is 1.24 bits per heavy atom. The molecule has 0 aliphatic heterocycles. The van der Waals surface area contributed by atoms with Gasteiger partial charge in [0, 0.05) is 16.3 Å². The maximum atomic E-state index is 4.49. The first-order valence-corrected chi connectivity index (χ1v) is 8.77. The molecule has 114 valence electrons. The van der Waals surface area contributed by atoms with Crippen molar-refractivity contribution in [1.29, 1.82) is 0 Å². The lowest BCUT2D eigenvalue weighted by molar-refractivity contribution is 0.510. The van der Waals surface area contributed by atoms with Crippen molar-refractivity contribution in [2.45, 2.75) is 46.2 Å². The predicted octanol–water partition coefficient (Wildman–Crippen LogP) is 4.30. The summed E-state index contributed by atoms with van der Waals surface area (Å²) in [5, 5.41) is 8.18. The predicted molar refractivity (Wildman–Crippen MR) is 96.6 cm³/mol. The molecule has 1 unspecified atom stereocenters. The van der Waals surface area contributed by atoms with Crippen LogP contribution in [0, 0.1) is 10.5 Å². The van der Waals surface area contributed by atoms with Gasteiger partial charge in [-0.1, -0.05) is 32.0 Å². The Bertz CT molecular complexity index is 577. The van der Waals surface area contributed by atoms with E-state index in [1.54, 1.807) is 0 Å². The molecule has 2 rings (SSSR count). The number of nitrogens with zero attached hydrogens (tertiary/aromatic N) is 2. The molecule has 1 atom stereocenters. The highest BCUT2D eigenvalue weighted by Gasteiger charge is 2.20. The van der Waals surface area contributed by atoms with Crippen molar-refractivity contribution >= 4 is 22.6 Å². The minimum atomic E-state index is 0.214. The van der Waals surface area contributed by atoms with Crippen LogP contribution in [0.5, 0.6) is 0 Å². The van der Waals surface area contributed by atoms with Crippen LogP contribution in [0.25, 0.3) is 0 Å². The molecule has 0 fully saturated rings. The number of hydrogen-bond acceptors (Lipinski definition) is 2. The maximum absolute atomic E-state index is 4.49. The topological polar surface area (TPSA) is 29.9 Å². The summed E-state index contributed by atoms with van der Waals surface area (Å²) in [5.41, 5.74) is 3.94. The zero-order valence-corrected chi connectivity index (χ0v) is 15.2. The summed E-state index contributed by atoms with van der Waals surface area (Å²) in [4.78, 5) is 0. The molecule has 0 radical (unpaired) electrons. The third-order valence-electron chi connectivity index (χ3n) is 3.61. The van der Waals surface area contributed by atoms with Gasteiger partial charge in [-0.25, -0.2) is 0 Å². The summed E-state index contributed by atoms with van der Waals surface area (Å²) in [6.45, 7) is 8.54. The van der Waals surface area contributed by atoms with Gasteiger partial charge in [-0.15, -0.1) is 0 Å². The normalized spacial score (nSPS) is 12.6. The molecule has 3 nitrogen and oxygen atoms in total. The van der Waals surface area contributed by atoms with Crippen molar-refractivity contribution in [1.82, 2.24) is 15.1 Å². The fourth-order valence-corrected chi connectivity index (χ4v) is 3.21. The third kappa shape index (κ3) is 3.86. The minimum Gasteiger partial charge on any atom is -0.305 e. The van der Waals surface area contributed by atoms with Crippen molar-refractivity contribution in [2.75, 3.05) is 6.54 Å². The smallest absolute Gasteiger partial charge is 0.0758 e. The van der Waals surface area contributed by atoms with Crippen LogP contribution >= 0.6 is 22.6 Å². The zero-order chi connectivity index (χ0) is 15.2. The first-order valence-electron chi connectivity index (χ1n) is 7.69. The van der Waals surface area contributed by atoms with E-state index in [2.05, 4.69) is 82.7 Å². The molecule has 0 aliphatic rings. The highest BCUT2D eigenvalue weighted by molar-refractivity contribution is 14.1. The first-order chi connectivity index (χ1) is 10.2. The van der Waals surface area contributed by atoms with Crippen LogP contribution in [0.1, 0.15) is 49.6 Å². The molecule has 1 N–H and O–H groups in total. The Balaban J connectivity index is 2.42. The molecule has 0 spiro atoms. The van der Waals surface area contributed by atoms with E-state index >= 15 is 0 Å². The maximum Gasteiger partial charge on any atom is 0.0758 e. The average Bonchev–Trinajstić information content (AvgIpc) is 2.92. The summed E-state index contributed by atoms with van der Waals surface area (Å²) < 4.78 is 3.47. The van der Waals surface area contributed by atoms with Crippen molar-refractivity contribution in [3.8, 4) is 0 Å². The Labute approximate surface area is 141 Å².